The van der Waals surface area contributed by atoms with Gasteiger partial charge in [0.2, 0.25) is 0 Å². The number of H-pyrrole nitrogens is 1. The van der Waals surface area contributed by atoms with Crippen molar-refractivity contribution in [1.29, 1.82) is 0 Å². The summed E-state index contributed by atoms with van der Waals surface area (Å²) in [6.07, 6.45) is 9.34. The SMILES string of the molecule is Cc1cc2nc(C3CCCCN3Cc3cnc[nH]3)ccn2n1. The Morgan fingerprint density at radius 1 is 1.36 bits per heavy atom. The van der Waals surface area contributed by atoms with Crippen LogP contribution in [0.1, 0.15) is 42.4 Å². The average molecular weight is 296 g/mol. The third-order valence-electron chi connectivity index (χ3n) is 4.35. The number of aromatic amines is 1. The van der Waals surface area contributed by atoms with Crippen LogP contribution < -0.4 is 0 Å². The van der Waals surface area contributed by atoms with Crippen molar-refractivity contribution in [3.63, 3.8) is 0 Å². The Hall–Kier alpha value is -2.21. The Kier molecular flexibility index (Phi) is 3.38. The third kappa shape index (κ3) is 2.50. The van der Waals surface area contributed by atoms with Gasteiger partial charge in [0.25, 0.3) is 0 Å². The standard InChI is InChI=1S/C16H20N6/c1-12-8-16-19-14(5-7-22(16)20-12)15-4-2-3-6-21(15)10-13-9-17-11-18-13/h5,7-9,11,15H,2-4,6,10H2,1H3,(H,17,18). The van der Waals surface area contributed by atoms with Gasteiger partial charge in [0.15, 0.2) is 5.65 Å². The fraction of sp³-hybridized carbons (Fsp3) is 0.438. The topological polar surface area (TPSA) is 62.1 Å². The fourth-order valence-electron chi connectivity index (χ4n) is 3.30. The zero-order valence-electron chi connectivity index (χ0n) is 12.7. The van der Waals surface area contributed by atoms with Crippen molar-refractivity contribution in [1.82, 2.24) is 29.5 Å². The zero-order chi connectivity index (χ0) is 14.9. The maximum absolute atomic E-state index is 4.83. The molecule has 22 heavy (non-hydrogen) atoms. The fourth-order valence-corrected chi connectivity index (χ4v) is 3.30. The number of aryl methyl sites for hydroxylation is 1. The molecule has 3 aromatic heterocycles. The molecule has 1 aliphatic rings. The molecule has 1 atom stereocenters. The Morgan fingerprint density at radius 2 is 2.32 bits per heavy atom. The van der Waals surface area contributed by atoms with Gasteiger partial charge in [0.05, 0.1) is 23.8 Å². The summed E-state index contributed by atoms with van der Waals surface area (Å²) in [4.78, 5) is 14.7. The molecule has 1 aliphatic heterocycles. The van der Waals surface area contributed by atoms with Gasteiger partial charge in [-0.2, -0.15) is 5.10 Å². The number of hydrogen-bond acceptors (Lipinski definition) is 4. The normalized spacial score (nSPS) is 19.8. The van der Waals surface area contributed by atoms with Gasteiger partial charge < -0.3 is 4.98 Å². The summed E-state index contributed by atoms with van der Waals surface area (Å²) in [5.41, 5.74) is 4.24. The molecule has 4 heterocycles. The Bertz CT molecular complexity index is 760. The van der Waals surface area contributed by atoms with Crippen molar-refractivity contribution in [3.05, 3.63) is 47.9 Å². The van der Waals surface area contributed by atoms with Crippen LogP contribution in [0.4, 0.5) is 0 Å². The summed E-state index contributed by atoms with van der Waals surface area (Å²) in [5, 5.41) is 4.41. The van der Waals surface area contributed by atoms with Gasteiger partial charge >= 0.3 is 0 Å². The first-order valence-corrected chi connectivity index (χ1v) is 7.84. The number of aromatic nitrogens is 5. The van der Waals surface area contributed by atoms with Crippen LogP contribution in [0, 0.1) is 6.92 Å². The van der Waals surface area contributed by atoms with Crippen LogP contribution in [0.3, 0.4) is 0 Å². The predicted molar refractivity (Wildman–Crippen MR) is 83.3 cm³/mol. The molecule has 1 N–H and O–H groups in total. The van der Waals surface area contributed by atoms with Gasteiger partial charge in [0, 0.05) is 30.7 Å². The van der Waals surface area contributed by atoms with Crippen LogP contribution in [0.2, 0.25) is 0 Å². The molecular weight excluding hydrogens is 276 g/mol. The van der Waals surface area contributed by atoms with E-state index in [1.807, 2.05) is 29.9 Å². The van der Waals surface area contributed by atoms with Crippen LogP contribution >= 0.6 is 0 Å². The van der Waals surface area contributed by atoms with Gasteiger partial charge in [0.1, 0.15) is 0 Å². The van der Waals surface area contributed by atoms with Crippen LogP contribution in [-0.2, 0) is 6.54 Å². The van der Waals surface area contributed by atoms with E-state index >= 15 is 0 Å². The van der Waals surface area contributed by atoms with Crippen LogP contribution in [-0.4, -0.2) is 36.0 Å². The maximum atomic E-state index is 4.83. The number of nitrogens with zero attached hydrogens (tertiary/aromatic N) is 5. The van der Waals surface area contributed by atoms with Crippen LogP contribution in [0.5, 0.6) is 0 Å². The highest BCUT2D eigenvalue weighted by Crippen LogP contribution is 2.31. The molecular formula is C16H20N6. The van der Waals surface area contributed by atoms with E-state index in [1.165, 1.54) is 12.8 Å². The molecule has 0 saturated carbocycles. The van der Waals surface area contributed by atoms with E-state index in [-0.39, 0.29) is 0 Å². The lowest BCUT2D eigenvalue weighted by Crippen LogP contribution is -2.33. The molecule has 1 saturated heterocycles. The summed E-state index contributed by atoms with van der Waals surface area (Å²) in [6.45, 7) is 4.00. The van der Waals surface area contributed by atoms with Crippen molar-refractivity contribution in [2.24, 2.45) is 0 Å². The van der Waals surface area contributed by atoms with Crippen LogP contribution in [0.15, 0.2) is 30.9 Å². The van der Waals surface area contributed by atoms with Gasteiger partial charge in [-0.3, -0.25) is 4.90 Å². The molecule has 114 valence electrons. The van der Waals surface area contributed by atoms with Gasteiger partial charge in [-0.05, 0) is 32.4 Å². The summed E-state index contributed by atoms with van der Waals surface area (Å²) in [7, 11) is 0. The van der Waals surface area contributed by atoms with E-state index in [0.717, 1.165) is 42.2 Å². The van der Waals surface area contributed by atoms with E-state index in [0.29, 0.717) is 6.04 Å². The minimum absolute atomic E-state index is 0.372. The summed E-state index contributed by atoms with van der Waals surface area (Å²) in [6, 6.07) is 4.51. The molecule has 0 spiro atoms. The summed E-state index contributed by atoms with van der Waals surface area (Å²) >= 11 is 0. The Balaban J connectivity index is 1.64. The van der Waals surface area contributed by atoms with Crippen molar-refractivity contribution >= 4 is 5.65 Å². The molecule has 0 aliphatic carbocycles. The maximum Gasteiger partial charge on any atom is 0.155 e. The number of piperidine rings is 1. The van der Waals surface area contributed by atoms with Crippen LogP contribution in [0.25, 0.3) is 5.65 Å². The highest BCUT2D eigenvalue weighted by Gasteiger charge is 2.25. The molecule has 3 aromatic rings. The monoisotopic (exact) mass is 296 g/mol. The molecule has 0 amide bonds. The largest absolute Gasteiger partial charge is 0.347 e. The van der Waals surface area contributed by atoms with Gasteiger partial charge in [-0.1, -0.05) is 6.42 Å². The number of hydrogen-bond donors (Lipinski definition) is 1. The first-order valence-electron chi connectivity index (χ1n) is 7.84. The molecule has 0 radical (unpaired) electrons. The lowest BCUT2D eigenvalue weighted by Gasteiger charge is -2.34. The van der Waals surface area contributed by atoms with Gasteiger partial charge in [-0.25, -0.2) is 14.5 Å². The minimum atomic E-state index is 0.372. The van der Waals surface area contributed by atoms with Crippen molar-refractivity contribution in [2.75, 3.05) is 6.54 Å². The average Bonchev–Trinajstić information content (AvgIpc) is 3.15. The second-order valence-electron chi connectivity index (χ2n) is 6.00. The van der Waals surface area contributed by atoms with E-state index in [2.05, 4.69) is 26.0 Å². The molecule has 6 heteroatoms. The Morgan fingerprint density at radius 3 is 3.18 bits per heavy atom. The highest BCUT2D eigenvalue weighted by atomic mass is 15.3. The molecule has 0 bridgehead atoms. The summed E-state index contributed by atoms with van der Waals surface area (Å²) < 4.78 is 1.85. The number of likely N-dealkylation sites (tertiary alicyclic amines) is 1. The lowest BCUT2D eigenvalue weighted by atomic mass is 9.99. The lowest BCUT2D eigenvalue weighted by molar-refractivity contribution is 0.136. The molecule has 0 aromatic carbocycles. The number of fused-ring (bicyclic) bond motifs is 1. The van der Waals surface area contributed by atoms with E-state index in [4.69, 9.17) is 4.98 Å². The number of nitrogens with one attached hydrogen (secondary N) is 1. The minimum Gasteiger partial charge on any atom is -0.347 e. The number of rotatable bonds is 3. The molecule has 4 rings (SSSR count). The highest BCUT2D eigenvalue weighted by molar-refractivity contribution is 5.39. The molecule has 1 unspecified atom stereocenters. The first-order chi connectivity index (χ1) is 10.8. The van der Waals surface area contributed by atoms with E-state index < -0.39 is 0 Å². The quantitative estimate of drug-likeness (QED) is 0.806. The first kappa shape index (κ1) is 13.5. The number of imidazole rings is 1. The second-order valence-corrected chi connectivity index (χ2v) is 6.00. The molecule has 1 fully saturated rings. The third-order valence-corrected chi connectivity index (χ3v) is 4.35. The van der Waals surface area contributed by atoms with E-state index in [9.17, 15) is 0 Å². The van der Waals surface area contributed by atoms with Crippen molar-refractivity contribution in [2.45, 2.75) is 38.8 Å². The van der Waals surface area contributed by atoms with Crippen molar-refractivity contribution in [3.8, 4) is 0 Å². The molecule has 6 nitrogen and oxygen atoms in total. The second kappa shape index (κ2) is 5.53. The summed E-state index contributed by atoms with van der Waals surface area (Å²) in [5.74, 6) is 0. The smallest absolute Gasteiger partial charge is 0.155 e. The van der Waals surface area contributed by atoms with Gasteiger partial charge in [-0.15, -0.1) is 0 Å². The zero-order valence-corrected chi connectivity index (χ0v) is 12.7. The predicted octanol–water partition coefficient (Wildman–Crippen LogP) is 2.49. The Labute approximate surface area is 129 Å². The van der Waals surface area contributed by atoms with E-state index in [1.54, 1.807) is 6.33 Å². The van der Waals surface area contributed by atoms with Crippen molar-refractivity contribution < 1.29 is 0 Å².